The minimum atomic E-state index is -0.730. The minimum Gasteiger partial charge on any atom is -0.493 e. The standard InChI is InChI=1S/C19H24N4O5/c1-4-6-9-23-16-14(17(24)22-19(23)26)15(20-18(25)21-16)11-7-8-12(27-3)13(10-11)28-5-2/h7-8,10,15H,4-6,9H2,1-3H3,(H2,20,21,25)(H,22,24,26). The lowest BCUT2D eigenvalue weighted by atomic mass is 9.98. The van der Waals surface area contributed by atoms with Gasteiger partial charge < -0.3 is 14.8 Å². The molecule has 1 atom stereocenters. The lowest BCUT2D eigenvalue weighted by Gasteiger charge is -2.29. The quantitative estimate of drug-likeness (QED) is 0.671. The number of urea groups is 1. The summed E-state index contributed by atoms with van der Waals surface area (Å²) in [4.78, 5) is 39.6. The molecule has 2 aromatic rings. The maximum Gasteiger partial charge on any atom is 0.329 e. The molecule has 3 rings (SSSR count). The lowest BCUT2D eigenvalue weighted by Crippen LogP contribution is -2.46. The zero-order valence-electron chi connectivity index (χ0n) is 16.1. The number of H-pyrrole nitrogens is 1. The van der Waals surface area contributed by atoms with Gasteiger partial charge in [0.1, 0.15) is 5.82 Å². The van der Waals surface area contributed by atoms with Crippen LogP contribution in [0.25, 0.3) is 0 Å². The highest BCUT2D eigenvalue weighted by molar-refractivity contribution is 5.92. The number of anilines is 1. The number of hydrogen-bond acceptors (Lipinski definition) is 5. The molecule has 0 spiro atoms. The normalized spacial score (nSPS) is 15.4. The molecule has 28 heavy (non-hydrogen) atoms. The largest absolute Gasteiger partial charge is 0.493 e. The van der Waals surface area contributed by atoms with Gasteiger partial charge in [0.05, 0.1) is 25.3 Å². The molecule has 1 aromatic heterocycles. The molecule has 1 unspecified atom stereocenters. The summed E-state index contributed by atoms with van der Waals surface area (Å²) in [6, 6.07) is 3.98. The molecule has 9 nitrogen and oxygen atoms in total. The first-order valence-electron chi connectivity index (χ1n) is 9.25. The molecule has 0 saturated heterocycles. The van der Waals surface area contributed by atoms with E-state index in [1.165, 1.54) is 11.7 Å². The van der Waals surface area contributed by atoms with Crippen LogP contribution in [0.2, 0.25) is 0 Å². The predicted octanol–water partition coefficient (Wildman–Crippen LogP) is 1.97. The third-order valence-electron chi connectivity index (χ3n) is 4.59. The summed E-state index contributed by atoms with van der Waals surface area (Å²) in [7, 11) is 1.54. The Balaban J connectivity index is 2.16. The molecule has 1 aliphatic rings. The molecule has 150 valence electrons. The maximum absolute atomic E-state index is 12.6. The van der Waals surface area contributed by atoms with Crippen molar-refractivity contribution in [1.82, 2.24) is 14.9 Å². The monoisotopic (exact) mass is 388 g/mol. The Kier molecular flexibility index (Phi) is 5.72. The van der Waals surface area contributed by atoms with Crippen molar-refractivity contribution in [3.05, 3.63) is 50.2 Å². The van der Waals surface area contributed by atoms with E-state index >= 15 is 0 Å². The third-order valence-corrected chi connectivity index (χ3v) is 4.59. The number of aromatic nitrogens is 2. The van der Waals surface area contributed by atoms with Gasteiger partial charge >= 0.3 is 11.7 Å². The van der Waals surface area contributed by atoms with E-state index in [1.807, 2.05) is 13.8 Å². The molecular formula is C19H24N4O5. The van der Waals surface area contributed by atoms with Crippen molar-refractivity contribution in [2.45, 2.75) is 39.3 Å². The number of fused-ring (bicyclic) bond motifs is 1. The fraction of sp³-hybridized carbons (Fsp3) is 0.421. The molecule has 1 aliphatic heterocycles. The number of hydrogen-bond donors (Lipinski definition) is 3. The maximum atomic E-state index is 12.6. The van der Waals surface area contributed by atoms with Crippen LogP contribution in [0.4, 0.5) is 10.6 Å². The summed E-state index contributed by atoms with van der Waals surface area (Å²) in [5.41, 5.74) is -0.156. The van der Waals surface area contributed by atoms with Gasteiger partial charge in [0, 0.05) is 6.54 Å². The molecule has 3 N–H and O–H groups in total. The van der Waals surface area contributed by atoms with Crippen LogP contribution in [0.5, 0.6) is 11.5 Å². The first kappa shape index (κ1) is 19.5. The zero-order chi connectivity index (χ0) is 20.3. The van der Waals surface area contributed by atoms with Crippen molar-refractivity contribution >= 4 is 11.8 Å². The Morgan fingerprint density at radius 3 is 2.61 bits per heavy atom. The molecule has 2 heterocycles. The number of carbonyl (C=O) groups is 1. The average molecular weight is 388 g/mol. The lowest BCUT2D eigenvalue weighted by molar-refractivity contribution is 0.248. The van der Waals surface area contributed by atoms with Crippen LogP contribution in [0.1, 0.15) is 43.9 Å². The first-order valence-corrected chi connectivity index (χ1v) is 9.25. The van der Waals surface area contributed by atoms with E-state index in [9.17, 15) is 14.4 Å². The summed E-state index contributed by atoms with van der Waals surface area (Å²) in [5, 5.41) is 5.38. The van der Waals surface area contributed by atoms with Crippen molar-refractivity contribution in [3.63, 3.8) is 0 Å². The van der Waals surface area contributed by atoms with E-state index in [1.54, 1.807) is 18.2 Å². The molecule has 9 heteroatoms. The molecule has 2 amide bonds. The van der Waals surface area contributed by atoms with Gasteiger partial charge in [0.15, 0.2) is 11.5 Å². The van der Waals surface area contributed by atoms with Crippen molar-refractivity contribution in [2.24, 2.45) is 0 Å². The molecule has 1 aromatic carbocycles. The second-order valence-electron chi connectivity index (χ2n) is 6.40. The molecule has 0 fully saturated rings. The van der Waals surface area contributed by atoms with E-state index in [0.29, 0.717) is 30.2 Å². The number of nitrogens with one attached hydrogen (secondary N) is 3. The number of aromatic amines is 1. The Morgan fingerprint density at radius 2 is 1.93 bits per heavy atom. The van der Waals surface area contributed by atoms with E-state index < -0.39 is 23.3 Å². The first-order chi connectivity index (χ1) is 13.5. The highest BCUT2D eigenvalue weighted by Gasteiger charge is 2.31. The molecule has 0 saturated carbocycles. The van der Waals surface area contributed by atoms with Crippen LogP contribution in [0.15, 0.2) is 27.8 Å². The van der Waals surface area contributed by atoms with Gasteiger partial charge in [-0.2, -0.15) is 0 Å². The van der Waals surface area contributed by atoms with Gasteiger partial charge in [-0.3, -0.25) is 19.7 Å². The summed E-state index contributed by atoms with van der Waals surface area (Å²) < 4.78 is 12.3. The number of nitrogens with zero attached hydrogens (tertiary/aromatic N) is 1. The smallest absolute Gasteiger partial charge is 0.329 e. The SMILES string of the molecule is CCCCn1c2c(c(=O)[nH]c1=O)C(c1ccc(OC)c(OCC)c1)NC(=O)N2. The van der Waals surface area contributed by atoms with Crippen LogP contribution in [0.3, 0.4) is 0 Å². The highest BCUT2D eigenvalue weighted by atomic mass is 16.5. The number of ether oxygens (including phenoxy) is 2. The van der Waals surface area contributed by atoms with Gasteiger partial charge in [0.2, 0.25) is 0 Å². The van der Waals surface area contributed by atoms with E-state index in [-0.39, 0.29) is 11.4 Å². The second-order valence-corrected chi connectivity index (χ2v) is 6.40. The van der Waals surface area contributed by atoms with Gasteiger partial charge in [-0.25, -0.2) is 9.59 Å². The zero-order valence-corrected chi connectivity index (χ0v) is 16.1. The fourth-order valence-corrected chi connectivity index (χ4v) is 3.26. The molecular weight excluding hydrogens is 364 g/mol. The third kappa shape index (κ3) is 3.60. The predicted molar refractivity (Wildman–Crippen MR) is 104 cm³/mol. The van der Waals surface area contributed by atoms with Crippen molar-refractivity contribution in [2.75, 3.05) is 19.0 Å². The Bertz CT molecular complexity index is 995. The number of rotatable bonds is 7. The number of benzene rings is 1. The van der Waals surface area contributed by atoms with Crippen molar-refractivity contribution in [1.29, 1.82) is 0 Å². The number of amides is 2. The summed E-state index contributed by atoms with van der Waals surface area (Å²) in [6.45, 7) is 4.68. The highest BCUT2D eigenvalue weighted by Crippen LogP contribution is 2.34. The number of methoxy groups -OCH3 is 1. The van der Waals surface area contributed by atoms with Gasteiger partial charge in [-0.05, 0) is 31.0 Å². The summed E-state index contributed by atoms with van der Waals surface area (Å²) in [6.07, 6.45) is 1.61. The van der Waals surface area contributed by atoms with Gasteiger partial charge in [-0.15, -0.1) is 0 Å². The van der Waals surface area contributed by atoms with Crippen LogP contribution in [-0.4, -0.2) is 29.3 Å². The van der Waals surface area contributed by atoms with Crippen LogP contribution in [-0.2, 0) is 6.54 Å². The van der Waals surface area contributed by atoms with Crippen LogP contribution < -0.4 is 31.4 Å². The Hall–Kier alpha value is -3.23. The Morgan fingerprint density at radius 1 is 1.14 bits per heavy atom. The van der Waals surface area contributed by atoms with E-state index in [0.717, 1.165) is 12.8 Å². The van der Waals surface area contributed by atoms with Crippen molar-refractivity contribution < 1.29 is 14.3 Å². The summed E-state index contributed by atoms with van der Waals surface area (Å²) in [5.74, 6) is 1.28. The minimum absolute atomic E-state index is 0.227. The van der Waals surface area contributed by atoms with Gasteiger partial charge in [0.25, 0.3) is 5.56 Å². The van der Waals surface area contributed by atoms with Crippen molar-refractivity contribution in [3.8, 4) is 11.5 Å². The molecule has 0 aliphatic carbocycles. The van der Waals surface area contributed by atoms with E-state index in [4.69, 9.17) is 9.47 Å². The fourth-order valence-electron chi connectivity index (χ4n) is 3.26. The van der Waals surface area contributed by atoms with Crippen LogP contribution >= 0.6 is 0 Å². The van der Waals surface area contributed by atoms with E-state index in [2.05, 4.69) is 15.6 Å². The topological polar surface area (TPSA) is 114 Å². The van der Waals surface area contributed by atoms with Crippen LogP contribution in [0, 0.1) is 0 Å². The Labute approximate surface area is 161 Å². The second kappa shape index (κ2) is 8.20. The summed E-state index contributed by atoms with van der Waals surface area (Å²) >= 11 is 0. The average Bonchev–Trinajstić information content (AvgIpc) is 2.67. The van der Waals surface area contributed by atoms with Gasteiger partial charge in [-0.1, -0.05) is 19.4 Å². The molecule has 0 bridgehead atoms. The number of unbranched alkanes of at least 4 members (excludes halogenated alkanes) is 1. The number of carbonyl (C=O) groups excluding carboxylic acids is 1. The molecule has 0 radical (unpaired) electrons.